The van der Waals surface area contributed by atoms with E-state index >= 15 is 0 Å². The second-order valence-electron chi connectivity index (χ2n) is 5.49. The first-order valence-electron chi connectivity index (χ1n) is 6.95. The lowest BCUT2D eigenvalue weighted by atomic mass is 10.1. The predicted octanol–water partition coefficient (Wildman–Crippen LogP) is -0.0389. The van der Waals surface area contributed by atoms with Crippen LogP contribution in [0.2, 0.25) is 0 Å². The van der Waals surface area contributed by atoms with Crippen LogP contribution in [0.25, 0.3) is 0 Å². The molecule has 1 amide bonds. The highest BCUT2D eigenvalue weighted by Crippen LogP contribution is 2.37. The van der Waals surface area contributed by atoms with Gasteiger partial charge in [-0.15, -0.1) is 0 Å². The molecule has 0 unspecified atom stereocenters. The maximum absolute atomic E-state index is 11.8. The zero-order valence-electron chi connectivity index (χ0n) is 11.7. The van der Waals surface area contributed by atoms with E-state index in [1.165, 1.54) is 0 Å². The van der Waals surface area contributed by atoms with Crippen LogP contribution < -0.4 is 16.0 Å². The maximum atomic E-state index is 11.8. The molecule has 3 aliphatic heterocycles. The van der Waals surface area contributed by atoms with Crippen molar-refractivity contribution in [3.63, 3.8) is 0 Å². The van der Waals surface area contributed by atoms with Crippen LogP contribution in [0.3, 0.4) is 0 Å². The van der Waals surface area contributed by atoms with Gasteiger partial charge in [0.05, 0.1) is 11.4 Å². The summed E-state index contributed by atoms with van der Waals surface area (Å²) < 4.78 is 0. The third-order valence-electron chi connectivity index (χ3n) is 4.09. The third-order valence-corrected chi connectivity index (χ3v) is 4.09. The van der Waals surface area contributed by atoms with Gasteiger partial charge in [0.25, 0.3) is 5.91 Å². The fourth-order valence-corrected chi connectivity index (χ4v) is 2.86. The van der Waals surface area contributed by atoms with Crippen molar-refractivity contribution < 1.29 is 4.79 Å². The van der Waals surface area contributed by atoms with Crippen molar-refractivity contribution in [1.82, 2.24) is 10.2 Å². The van der Waals surface area contributed by atoms with E-state index in [4.69, 9.17) is 5.73 Å². The molecular formula is C14H16N6O. The van der Waals surface area contributed by atoms with Crippen LogP contribution in [0.1, 0.15) is 0 Å². The van der Waals surface area contributed by atoms with Crippen LogP contribution in [0.4, 0.5) is 17.1 Å². The molecule has 0 saturated carbocycles. The first kappa shape index (κ1) is 12.3. The Balaban J connectivity index is 1.77. The average molecular weight is 284 g/mol. The minimum Gasteiger partial charge on any atom is -0.399 e. The third kappa shape index (κ3) is 1.81. The van der Waals surface area contributed by atoms with Gasteiger partial charge in [0, 0.05) is 24.8 Å². The molecule has 1 fully saturated rings. The quantitative estimate of drug-likeness (QED) is 0.707. The SMILES string of the molecule is CNC1CN(C2=Nc3ccc(N)cc3N3CC(=O)N=C23)C1. The molecule has 3 N–H and O–H groups in total. The highest BCUT2D eigenvalue weighted by Gasteiger charge is 2.39. The normalized spacial score (nSPS) is 20.7. The lowest BCUT2D eigenvalue weighted by Gasteiger charge is -2.43. The second-order valence-corrected chi connectivity index (χ2v) is 5.49. The van der Waals surface area contributed by atoms with E-state index in [9.17, 15) is 4.79 Å². The number of hydrogen-bond donors (Lipinski definition) is 2. The zero-order chi connectivity index (χ0) is 14.6. The van der Waals surface area contributed by atoms with Crippen molar-refractivity contribution in [2.45, 2.75) is 6.04 Å². The molecule has 1 aromatic carbocycles. The number of fused-ring (bicyclic) bond motifs is 3. The first-order valence-corrected chi connectivity index (χ1v) is 6.95. The molecule has 0 spiro atoms. The molecule has 7 heteroatoms. The van der Waals surface area contributed by atoms with Crippen molar-refractivity contribution >= 4 is 34.6 Å². The number of rotatable bonds is 1. The Bertz CT molecular complexity index is 689. The fraction of sp³-hybridized carbons (Fsp3) is 0.357. The Labute approximate surface area is 122 Å². The van der Waals surface area contributed by atoms with Gasteiger partial charge in [0.1, 0.15) is 6.54 Å². The minimum absolute atomic E-state index is 0.140. The largest absolute Gasteiger partial charge is 0.399 e. The van der Waals surface area contributed by atoms with Crippen molar-refractivity contribution in [2.24, 2.45) is 9.98 Å². The summed E-state index contributed by atoms with van der Waals surface area (Å²) in [5, 5.41) is 3.23. The Kier molecular flexibility index (Phi) is 2.52. The summed E-state index contributed by atoms with van der Waals surface area (Å²) in [5.41, 5.74) is 8.20. The molecule has 1 aromatic rings. The summed E-state index contributed by atoms with van der Waals surface area (Å²) in [5.74, 6) is 1.29. The van der Waals surface area contributed by atoms with Crippen molar-refractivity contribution in [3.05, 3.63) is 18.2 Å². The summed E-state index contributed by atoms with van der Waals surface area (Å²) in [6.07, 6.45) is 0. The molecule has 0 bridgehead atoms. The number of nitrogens with two attached hydrogens (primary N) is 1. The van der Waals surface area contributed by atoms with Gasteiger partial charge >= 0.3 is 0 Å². The smallest absolute Gasteiger partial charge is 0.267 e. The van der Waals surface area contributed by atoms with E-state index in [1.807, 2.05) is 30.1 Å². The second kappa shape index (κ2) is 4.29. The minimum atomic E-state index is -0.140. The molecule has 4 rings (SSSR count). The standard InChI is InChI=1S/C14H16N6O/c1-16-9-5-19(6-9)13-14-18-12(21)7-20(14)11-4-8(15)2-3-10(11)17-13/h2-4,9,16H,5-7,15H2,1H3. The lowest BCUT2D eigenvalue weighted by molar-refractivity contribution is -0.115. The van der Waals surface area contributed by atoms with Crippen LogP contribution in [-0.2, 0) is 4.79 Å². The number of likely N-dealkylation sites (tertiary alicyclic amines) is 1. The van der Waals surface area contributed by atoms with Crippen LogP contribution in [0.15, 0.2) is 28.2 Å². The number of aliphatic imine (C=N–C) groups is 2. The molecule has 0 aliphatic carbocycles. The summed E-state index contributed by atoms with van der Waals surface area (Å²) in [4.78, 5) is 24.6. The van der Waals surface area contributed by atoms with Crippen LogP contribution >= 0.6 is 0 Å². The van der Waals surface area contributed by atoms with Gasteiger partial charge in [-0.1, -0.05) is 0 Å². The number of nitrogens with one attached hydrogen (secondary N) is 1. The van der Waals surface area contributed by atoms with E-state index in [0.29, 0.717) is 17.6 Å². The lowest BCUT2D eigenvalue weighted by Crippen LogP contribution is -2.62. The highest BCUT2D eigenvalue weighted by molar-refractivity contribution is 6.50. The number of carbonyl (C=O) groups excluding carboxylic acids is 1. The van der Waals surface area contributed by atoms with Gasteiger partial charge in [-0.3, -0.25) is 4.79 Å². The Hall–Kier alpha value is -2.41. The number of nitrogen functional groups attached to an aromatic ring is 1. The molecule has 21 heavy (non-hydrogen) atoms. The number of amides is 1. The van der Waals surface area contributed by atoms with Gasteiger partial charge in [0.2, 0.25) is 0 Å². The summed E-state index contributed by atoms with van der Waals surface area (Å²) in [7, 11) is 1.95. The van der Waals surface area contributed by atoms with E-state index < -0.39 is 0 Å². The summed E-state index contributed by atoms with van der Waals surface area (Å²) >= 11 is 0. The Morgan fingerprint density at radius 3 is 2.86 bits per heavy atom. The zero-order valence-corrected chi connectivity index (χ0v) is 11.7. The number of hydrogen-bond acceptors (Lipinski definition) is 6. The molecule has 7 nitrogen and oxygen atoms in total. The summed E-state index contributed by atoms with van der Waals surface area (Å²) in [6, 6.07) is 6.02. The molecule has 1 saturated heterocycles. The molecule has 3 aliphatic rings. The van der Waals surface area contributed by atoms with Crippen molar-refractivity contribution in [2.75, 3.05) is 37.3 Å². The van der Waals surface area contributed by atoms with Gasteiger partial charge in [-0.2, -0.15) is 4.99 Å². The average Bonchev–Trinajstić information content (AvgIpc) is 2.80. The number of anilines is 2. The van der Waals surface area contributed by atoms with Gasteiger partial charge < -0.3 is 20.9 Å². The summed E-state index contributed by atoms with van der Waals surface area (Å²) in [6.45, 7) is 2.01. The molecule has 3 heterocycles. The molecule has 0 aromatic heterocycles. The van der Waals surface area contributed by atoms with Crippen LogP contribution in [0.5, 0.6) is 0 Å². The number of carbonyl (C=O) groups is 1. The Morgan fingerprint density at radius 1 is 1.29 bits per heavy atom. The number of amidine groups is 2. The monoisotopic (exact) mass is 284 g/mol. The molecule has 0 radical (unpaired) electrons. The van der Waals surface area contributed by atoms with Crippen molar-refractivity contribution in [1.29, 1.82) is 0 Å². The van der Waals surface area contributed by atoms with Gasteiger partial charge in [-0.25, -0.2) is 4.99 Å². The van der Waals surface area contributed by atoms with E-state index in [0.717, 1.165) is 30.3 Å². The highest BCUT2D eigenvalue weighted by atomic mass is 16.2. The molecule has 108 valence electrons. The molecular weight excluding hydrogens is 268 g/mol. The van der Waals surface area contributed by atoms with Crippen LogP contribution in [-0.4, -0.2) is 55.2 Å². The number of benzene rings is 1. The van der Waals surface area contributed by atoms with Crippen molar-refractivity contribution in [3.8, 4) is 0 Å². The van der Waals surface area contributed by atoms with Gasteiger partial charge in [0.15, 0.2) is 11.7 Å². The topological polar surface area (TPSA) is 86.3 Å². The predicted molar refractivity (Wildman–Crippen MR) is 82.2 cm³/mol. The van der Waals surface area contributed by atoms with E-state index in [1.54, 1.807) is 0 Å². The molecule has 0 atom stereocenters. The Morgan fingerprint density at radius 2 is 2.10 bits per heavy atom. The van der Waals surface area contributed by atoms with Crippen LogP contribution in [0, 0.1) is 0 Å². The first-order chi connectivity index (χ1) is 10.2. The van der Waals surface area contributed by atoms with Gasteiger partial charge in [-0.05, 0) is 25.2 Å². The fourth-order valence-electron chi connectivity index (χ4n) is 2.86. The maximum Gasteiger partial charge on any atom is 0.267 e. The van der Waals surface area contributed by atoms with E-state index in [-0.39, 0.29) is 12.5 Å². The number of nitrogens with zero attached hydrogens (tertiary/aromatic N) is 4. The number of likely N-dealkylation sites (N-methyl/N-ethyl adjacent to an activating group) is 1. The van der Waals surface area contributed by atoms with E-state index in [2.05, 4.69) is 20.2 Å².